The van der Waals surface area contributed by atoms with Crippen molar-refractivity contribution in [2.45, 2.75) is 38.2 Å². The van der Waals surface area contributed by atoms with Crippen molar-refractivity contribution in [3.05, 3.63) is 82.9 Å². The van der Waals surface area contributed by atoms with Crippen LogP contribution in [0, 0.1) is 13.8 Å². The van der Waals surface area contributed by atoms with Crippen molar-refractivity contribution in [2.75, 3.05) is 10.0 Å². The van der Waals surface area contributed by atoms with E-state index in [9.17, 15) is 13.2 Å². The molecule has 3 rings (SSSR count). The van der Waals surface area contributed by atoms with Crippen LogP contribution in [0.2, 0.25) is 5.02 Å². The number of ether oxygens (including phenoxy) is 1. The molecule has 0 bridgehead atoms. The minimum absolute atomic E-state index is 0.0640. The highest BCUT2D eigenvalue weighted by atomic mass is 35.5. The van der Waals surface area contributed by atoms with Crippen LogP contribution in [0.4, 0.5) is 11.4 Å². The zero-order valence-electron chi connectivity index (χ0n) is 18.1. The molecule has 8 heteroatoms. The normalized spacial score (nSPS) is 12.1. The molecule has 0 aliphatic rings. The van der Waals surface area contributed by atoms with Gasteiger partial charge in [0, 0.05) is 10.7 Å². The average Bonchev–Trinajstić information content (AvgIpc) is 2.75. The maximum atomic E-state index is 12.7. The molecule has 0 radical (unpaired) electrons. The van der Waals surface area contributed by atoms with Gasteiger partial charge in [-0.15, -0.1) is 0 Å². The van der Waals surface area contributed by atoms with Crippen LogP contribution in [0.5, 0.6) is 5.75 Å². The molecule has 0 aromatic heterocycles. The fraction of sp³-hybridized carbons (Fsp3) is 0.208. The Balaban J connectivity index is 1.68. The second-order valence-corrected chi connectivity index (χ2v) is 9.46. The van der Waals surface area contributed by atoms with Gasteiger partial charge >= 0.3 is 0 Å². The van der Waals surface area contributed by atoms with E-state index < -0.39 is 16.1 Å². The quantitative estimate of drug-likeness (QED) is 0.450. The third-order valence-electron chi connectivity index (χ3n) is 5.00. The number of benzene rings is 3. The molecule has 0 saturated heterocycles. The predicted octanol–water partition coefficient (Wildman–Crippen LogP) is 5.55. The van der Waals surface area contributed by atoms with E-state index in [1.807, 2.05) is 39.0 Å². The lowest BCUT2D eigenvalue weighted by Crippen LogP contribution is -2.32. The zero-order chi connectivity index (χ0) is 23.3. The molecule has 3 aromatic rings. The molecule has 0 aliphatic carbocycles. The number of nitrogens with one attached hydrogen (secondary N) is 2. The Bertz CT molecular complexity index is 1210. The van der Waals surface area contributed by atoms with Crippen molar-refractivity contribution in [1.29, 1.82) is 0 Å². The van der Waals surface area contributed by atoms with Crippen molar-refractivity contribution in [3.63, 3.8) is 0 Å². The number of anilines is 2. The third-order valence-corrected chi connectivity index (χ3v) is 6.63. The van der Waals surface area contributed by atoms with Gasteiger partial charge in [0.05, 0.1) is 10.6 Å². The van der Waals surface area contributed by atoms with Crippen LogP contribution in [0.1, 0.15) is 24.5 Å². The number of carbonyl (C=O) groups excluding carboxylic acids is 1. The molecular weight excluding hydrogens is 448 g/mol. The summed E-state index contributed by atoms with van der Waals surface area (Å²) in [7, 11) is -3.79. The second kappa shape index (κ2) is 10.1. The summed E-state index contributed by atoms with van der Waals surface area (Å²) < 4.78 is 33.6. The standard InChI is InChI=1S/C24H25ClN2O4S/c1-4-22(31-23-10-5-7-16(2)17(23)3)24(28)26-19-11-13-21(14-12-19)32(29,30)27-20-9-6-8-18(25)15-20/h5-15,22,27H,4H2,1-3H3,(H,26,28)/t22-/m1/s1. The van der Waals surface area contributed by atoms with Crippen LogP contribution in [-0.4, -0.2) is 20.4 Å². The van der Waals surface area contributed by atoms with Gasteiger partial charge in [-0.25, -0.2) is 8.42 Å². The van der Waals surface area contributed by atoms with E-state index in [4.69, 9.17) is 16.3 Å². The summed E-state index contributed by atoms with van der Waals surface area (Å²) in [6.07, 6.45) is -0.196. The summed E-state index contributed by atoms with van der Waals surface area (Å²) in [5.41, 5.74) is 2.91. The third kappa shape index (κ3) is 5.81. The van der Waals surface area contributed by atoms with Crippen LogP contribution in [0.3, 0.4) is 0 Å². The summed E-state index contributed by atoms with van der Waals surface area (Å²) in [6, 6.07) is 18.1. The first-order chi connectivity index (χ1) is 15.2. The van der Waals surface area contributed by atoms with Gasteiger partial charge in [0.1, 0.15) is 5.75 Å². The van der Waals surface area contributed by atoms with E-state index in [-0.39, 0.29) is 10.8 Å². The Hall–Kier alpha value is -3.03. The van der Waals surface area contributed by atoms with E-state index in [0.717, 1.165) is 11.1 Å². The molecule has 1 atom stereocenters. The van der Waals surface area contributed by atoms with Crippen molar-refractivity contribution in [1.82, 2.24) is 0 Å². The smallest absolute Gasteiger partial charge is 0.265 e. The highest BCUT2D eigenvalue weighted by molar-refractivity contribution is 7.92. The first-order valence-electron chi connectivity index (χ1n) is 10.1. The molecule has 0 aliphatic heterocycles. The summed E-state index contributed by atoms with van der Waals surface area (Å²) in [5.74, 6) is 0.363. The van der Waals surface area contributed by atoms with Crippen LogP contribution >= 0.6 is 11.6 Å². The fourth-order valence-electron chi connectivity index (χ4n) is 3.03. The van der Waals surface area contributed by atoms with Gasteiger partial charge in [-0.2, -0.15) is 0 Å². The van der Waals surface area contributed by atoms with Crippen molar-refractivity contribution < 1.29 is 17.9 Å². The number of halogens is 1. The van der Waals surface area contributed by atoms with Gasteiger partial charge in [0.2, 0.25) is 0 Å². The lowest BCUT2D eigenvalue weighted by molar-refractivity contribution is -0.122. The molecule has 1 amide bonds. The van der Waals surface area contributed by atoms with Crippen molar-refractivity contribution in [2.24, 2.45) is 0 Å². The predicted molar refractivity (Wildman–Crippen MR) is 128 cm³/mol. The number of rotatable bonds is 8. The Morgan fingerprint density at radius 3 is 2.34 bits per heavy atom. The number of amides is 1. The molecule has 3 aromatic carbocycles. The first-order valence-corrected chi connectivity index (χ1v) is 12.0. The summed E-state index contributed by atoms with van der Waals surface area (Å²) in [4.78, 5) is 12.8. The summed E-state index contributed by atoms with van der Waals surface area (Å²) in [6.45, 7) is 5.80. The zero-order valence-corrected chi connectivity index (χ0v) is 19.6. The van der Waals surface area contributed by atoms with Gasteiger partial charge in [0.15, 0.2) is 6.10 Å². The van der Waals surface area contributed by atoms with Gasteiger partial charge < -0.3 is 10.1 Å². The lowest BCUT2D eigenvalue weighted by Gasteiger charge is -2.19. The van der Waals surface area contributed by atoms with E-state index >= 15 is 0 Å². The molecule has 168 valence electrons. The number of sulfonamides is 1. The Morgan fingerprint density at radius 1 is 1.00 bits per heavy atom. The Morgan fingerprint density at radius 2 is 1.69 bits per heavy atom. The minimum Gasteiger partial charge on any atom is -0.480 e. The van der Waals surface area contributed by atoms with Gasteiger partial charge in [-0.1, -0.05) is 36.7 Å². The van der Waals surface area contributed by atoms with Crippen molar-refractivity contribution >= 4 is 38.9 Å². The molecule has 0 fully saturated rings. The molecule has 0 unspecified atom stereocenters. The van der Waals surface area contributed by atoms with E-state index in [1.54, 1.807) is 18.2 Å². The number of hydrogen-bond acceptors (Lipinski definition) is 4. The Kier molecular flexibility index (Phi) is 7.43. The van der Waals surface area contributed by atoms with Crippen LogP contribution in [-0.2, 0) is 14.8 Å². The Labute approximate surface area is 193 Å². The number of hydrogen-bond donors (Lipinski definition) is 2. The molecule has 32 heavy (non-hydrogen) atoms. The van der Waals surface area contributed by atoms with Crippen LogP contribution in [0.25, 0.3) is 0 Å². The number of aryl methyl sites for hydroxylation is 1. The summed E-state index contributed by atoms with van der Waals surface area (Å²) in [5, 5.41) is 3.21. The maximum absolute atomic E-state index is 12.7. The SMILES string of the molecule is CC[C@@H](Oc1cccc(C)c1C)C(=O)Nc1ccc(S(=O)(=O)Nc2cccc(Cl)c2)cc1. The molecule has 6 nitrogen and oxygen atoms in total. The molecule has 0 spiro atoms. The van der Waals surface area contributed by atoms with E-state index in [2.05, 4.69) is 10.0 Å². The highest BCUT2D eigenvalue weighted by Crippen LogP contribution is 2.24. The van der Waals surface area contributed by atoms with Gasteiger partial charge in [0.25, 0.3) is 15.9 Å². The highest BCUT2D eigenvalue weighted by Gasteiger charge is 2.20. The molecule has 2 N–H and O–H groups in total. The average molecular weight is 473 g/mol. The topological polar surface area (TPSA) is 84.5 Å². The van der Waals surface area contributed by atoms with Crippen LogP contribution in [0.15, 0.2) is 71.6 Å². The second-order valence-electron chi connectivity index (χ2n) is 7.34. The molecule has 0 saturated carbocycles. The molecular formula is C24H25ClN2O4S. The maximum Gasteiger partial charge on any atom is 0.265 e. The summed E-state index contributed by atoms with van der Waals surface area (Å²) >= 11 is 5.91. The van der Waals surface area contributed by atoms with Crippen molar-refractivity contribution in [3.8, 4) is 5.75 Å². The lowest BCUT2D eigenvalue weighted by atomic mass is 10.1. The van der Waals surface area contributed by atoms with Gasteiger partial charge in [-0.3, -0.25) is 9.52 Å². The fourth-order valence-corrected chi connectivity index (χ4v) is 4.27. The molecule has 0 heterocycles. The largest absolute Gasteiger partial charge is 0.480 e. The van der Waals surface area contributed by atoms with E-state index in [0.29, 0.717) is 28.6 Å². The van der Waals surface area contributed by atoms with Gasteiger partial charge in [-0.05, 0) is 79.9 Å². The number of carbonyl (C=O) groups is 1. The first kappa shape index (κ1) is 23.6. The van der Waals surface area contributed by atoms with Crippen LogP contribution < -0.4 is 14.8 Å². The minimum atomic E-state index is -3.79. The monoisotopic (exact) mass is 472 g/mol. The van der Waals surface area contributed by atoms with E-state index in [1.165, 1.54) is 30.3 Å².